The van der Waals surface area contributed by atoms with Gasteiger partial charge in [0.05, 0.1) is 5.75 Å². The van der Waals surface area contributed by atoms with Crippen molar-refractivity contribution in [3.05, 3.63) is 28.8 Å². The van der Waals surface area contributed by atoms with E-state index in [1.165, 1.54) is 18.2 Å². The Bertz CT molecular complexity index is 608. The number of amides is 1. The molecule has 0 spiro atoms. The quantitative estimate of drug-likeness (QED) is 0.893. The Morgan fingerprint density at radius 3 is 2.45 bits per heavy atom. The summed E-state index contributed by atoms with van der Waals surface area (Å²) in [5.41, 5.74) is 0.160. The number of hydrogen-bond acceptors (Lipinski definition) is 4. The lowest BCUT2D eigenvalue weighted by Gasteiger charge is -2.19. The van der Waals surface area contributed by atoms with E-state index in [-0.39, 0.29) is 10.8 Å². The van der Waals surface area contributed by atoms with Crippen molar-refractivity contribution >= 4 is 33.4 Å². The van der Waals surface area contributed by atoms with Crippen molar-refractivity contribution in [2.75, 3.05) is 5.32 Å². The number of benzene rings is 1. The number of halogens is 1. The summed E-state index contributed by atoms with van der Waals surface area (Å²) >= 11 is 5.94. The van der Waals surface area contributed by atoms with E-state index in [4.69, 9.17) is 21.5 Å². The third kappa shape index (κ3) is 6.23. The average Bonchev–Trinajstić information content (AvgIpc) is 2.17. The second-order valence-corrected chi connectivity index (χ2v) is 7.26. The van der Waals surface area contributed by atoms with Gasteiger partial charge in [-0.3, -0.25) is 5.32 Å². The van der Waals surface area contributed by atoms with Gasteiger partial charge in [-0.05, 0) is 38.5 Å². The molecule has 0 aliphatic heterocycles. The number of ether oxygens (including phenoxy) is 1. The smallest absolute Gasteiger partial charge is 0.412 e. The van der Waals surface area contributed by atoms with Crippen LogP contribution in [0.3, 0.4) is 0 Å². The average molecular weight is 321 g/mol. The summed E-state index contributed by atoms with van der Waals surface area (Å²) in [5.74, 6) is -0.363. The topological polar surface area (TPSA) is 98.5 Å². The Hall–Kier alpha value is -1.31. The number of anilines is 1. The molecule has 0 radical (unpaired) electrons. The molecule has 0 aliphatic rings. The van der Waals surface area contributed by atoms with Crippen LogP contribution in [0.1, 0.15) is 26.3 Å². The lowest BCUT2D eigenvalue weighted by atomic mass is 10.2. The Kier molecular flexibility index (Phi) is 5.01. The van der Waals surface area contributed by atoms with E-state index in [0.29, 0.717) is 11.3 Å². The molecule has 0 aromatic heterocycles. The van der Waals surface area contributed by atoms with Gasteiger partial charge in [0.25, 0.3) is 0 Å². The maximum atomic E-state index is 11.6. The minimum atomic E-state index is -3.66. The molecule has 0 atom stereocenters. The number of carbonyl (C=O) groups excluding carboxylic acids is 1. The van der Waals surface area contributed by atoms with Crippen molar-refractivity contribution in [1.29, 1.82) is 0 Å². The van der Waals surface area contributed by atoms with Gasteiger partial charge in [-0.2, -0.15) is 0 Å². The van der Waals surface area contributed by atoms with Gasteiger partial charge in [0.2, 0.25) is 10.0 Å². The van der Waals surface area contributed by atoms with Gasteiger partial charge in [0, 0.05) is 10.7 Å². The predicted molar refractivity (Wildman–Crippen MR) is 78.1 cm³/mol. The highest BCUT2D eigenvalue weighted by Gasteiger charge is 2.16. The Balaban J connectivity index is 2.80. The molecule has 0 heterocycles. The van der Waals surface area contributed by atoms with E-state index in [1.54, 1.807) is 20.8 Å². The van der Waals surface area contributed by atoms with E-state index in [9.17, 15) is 13.2 Å². The first-order chi connectivity index (χ1) is 8.96. The summed E-state index contributed by atoms with van der Waals surface area (Å²) < 4.78 is 27.1. The first-order valence-corrected chi connectivity index (χ1v) is 7.84. The van der Waals surface area contributed by atoms with Gasteiger partial charge in [-0.15, -0.1) is 0 Å². The van der Waals surface area contributed by atoms with Crippen molar-refractivity contribution in [3.63, 3.8) is 0 Å². The molecule has 1 amide bonds. The molecule has 0 aliphatic carbocycles. The molecule has 1 aromatic rings. The molecule has 112 valence electrons. The van der Waals surface area contributed by atoms with Gasteiger partial charge >= 0.3 is 6.09 Å². The number of nitrogens with one attached hydrogen (secondary N) is 1. The molecule has 0 saturated heterocycles. The second-order valence-electron chi connectivity index (χ2n) is 5.24. The minimum Gasteiger partial charge on any atom is -0.444 e. The van der Waals surface area contributed by atoms with Crippen LogP contribution in [0, 0.1) is 0 Å². The maximum absolute atomic E-state index is 11.6. The highest BCUT2D eigenvalue weighted by Crippen LogP contribution is 2.22. The van der Waals surface area contributed by atoms with Crippen LogP contribution in [-0.2, 0) is 20.5 Å². The summed E-state index contributed by atoms with van der Waals surface area (Å²) in [5, 5.41) is 7.65. The van der Waals surface area contributed by atoms with Crippen LogP contribution < -0.4 is 10.5 Å². The van der Waals surface area contributed by atoms with Crippen LogP contribution in [0.25, 0.3) is 0 Å². The third-order valence-electron chi connectivity index (χ3n) is 2.06. The summed E-state index contributed by atoms with van der Waals surface area (Å²) in [6, 6.07) is 4.45. The fourth-order valence-electron chi connectivity index (χ4n) is 1.38. The van der Waals surface area contributed by atoms with Gasteiger partial charge in [-0.25, -0.2) is 18.4 Å². The summed E-state index contributed by atoms with van der Waals surface area (Å²) in [6.45, 7) is 5.23. The molecule has 20 heavy (non-hydrogen) atoms. The number of hydrogen-bond donors (Lipinski definition) is 2. The van der Waals surface area contributed by atoms with Crippen LogP contribution in [0.5, 0.6) is 0 Å². The molecule has 1 rings (SSSR count). The van der Waals surface area contributed by atoms with Gasteiger partial charge in [-0.1, -0.05) is 17.7 Å². The zero-order valence-corrected chi connectivity index (χ0v) is 13.0. The summed E-state index contributed by atoms with van der Waals surface area (Å²) in [7, 11) is -3.66. The highest BCUT2D eigenvalue weighted by molar-refractivity contribution is 7.88. The molecule has 0 fully saturated rings. The lowest BCUT2D eigenvalue weighted by molar-refractivity contribution is 0.0636. The number of sulfonamides is 1. The first-order valence-electron chi connectivity index (χ1n) is 5.75. The number of nitrogens with two attached hydrogens (primary N) is 1. The van der Waals surface area contributed by atoms with Crippen molar-refractivity contribution in [3.8, 4) is 0 Å². The Labute approximate surface area is 123 Å². The molecule has 0 saturated carbocycles. The molecular weight excluding hydrogens is 304 g/mol. The standard InChI is InChI=1S/C12H17ClN2O4S/c1-12(2,3)19-11(16)15-9-5-4-8(10(13)6-9)7-20(14,17)18/h4-6H,7H2,1-3H3,(H,15,16)(H2,14,17,18). The molecule has 1 aromatic carbocycles. The van der Waals surface area contributed by atoms with Crippen LogP contribution in [0.4, 0.5) is 10.5 Å². The van der Waals surface area contributed by atoms with Crippen LogP contribution in [-0.4, -0.2) is 20.1 Å². The number of primary sulfonamides is 1. The number of rotatable bonds is 3. The zero-order chi connectivity index (χ0) is 15.6. The van der Waals surface area contributed by atoms with E-state index < -0.39 is 21.7 Å². The lowest BCUT2D eigenvalue weighted by Crippen LogP contribution is -2.27. The molecule has 0 bridgehead atoms. The fourth-order valence-corrected chi connectivity index (χ4v) is 2.39. The molecule has 0 unspecified atom stereocenters. The monoisotopic (exact) mass is 320 g/mol. The molecule has 6 nitrogen and oxygen atoms in total. The molecular formula is C12H17ClN2O4S. The second kappa shape index (κ2) is 5.99. The normalized spacial score (nSPS) is 12.1. The van der Waals surface area contributed by atoms with E-state index in [0.717, 1.165) is 0 Å². The van der Waals surface area contributed by atoms with Gasteiger partial charge in [0.15, 0.2) is 0 Å². The molecule has 8 heteroatoms. The van der Waals surface area contributed by atoms with Crippen molar-refractivity contribution in [2.45, 2.75) is 32.1 Å². The van der Waals surface area contributed by atoms with Crippen LogP contribution >= 0.6 is 11.6 Å². The number of carbonyl (C=O) groups is 1. The highest BCUT2D eigenvalue weighted by atomic mass is 35.5. The third-order valence-corrected chi connectivity index (χ3v) is 3.12. The fraction of sp³-hybridized carbons (Fsp3) is 0.417. The minimum absolute atomic E-state index is 0.201. The Morgan fingerprint density at radius 1 is 1.40 bits per heavy atom. The van der Waals surface area contributed by atoms with E-state index in [2.05, 4.69) is 5.32 Å². The van der Waals surface area contributed by atoms with Crippen molar-refractivity contribution < 1.29 is 17.9 Å². The summed E-state index contributed by atoms with van der Waals surface area (Å²) in [4.78, 5) is 11.6. The van der Waals surface area contributed by atoms with Crippen molar-refractivity contribution in [1.82, 2.24) is 0 Å². The SMILES string of the molecule is CC(C)(C)OC(=O)Nc1ccc(CS(N)(=O)=O)c(Cl)c1. The van der Waals surface area contributed by atoms with E-state index in [1.807, 2.05) is 0 Å². The molecule has 3 N–H and O–H groups in total. The maximum Gasteiger partial charge on any atom is 0.412 e. The summed E-state index contributed by atoms with van der Waals surface area (Å²) in [6.07, 6.45) is -0.618. The van der Waals surface area contributed by atoms with Gasteiger partial charge < -0.3 is 4.74 Å². The first kappa shape index (κ1) is 16.7. The van der Waals surface area contributed by atoms with Crippen LogP contribution in [0.15, 0.2) is 18.2 Å². The predicted octanol–water partition coefficient (Wildman–Crippen LogP) is 2.48. The zero-order valence-electron chi connectivity index (χ0n) is 11.4. The van der Waals surface area contributed by atoms with Crippen LogP contribution in [0.2, 0.25) is 5.02 Å². The van der Waals surface area contributed by atoms with Gasteiger partial charge in [0.1, 0.15) is 5.60 Å². The van der Waals surface area contributed by atoms with Crippen molar-refractivity contribution in [2.24, 2.45) is 5.14 Å². The van der Waals surface area contributed by atoms with E-state index >= 15 is 0 Å². The largest absolute Gasteiger partial charge is 0.444 e. The Morgan fingerprint density at radius 2 is 2.00 bits per heavy atom.